The van der Waals surface area contributed by atoms with Crippen LogP contribution in [0.5, 0.6) is 0 Å². The number of halogens is 2. The van der Waals surface area contributed by atoms with Gasteiger partial charge in [-0.3, -0.25) is 0 Å². The minimum Gasteiger partial charge on any atom is -0.398 e. The Morgan fingerprint density at radius 1 is 1.47 bits per heavy atom. The van der Waals surface area contributed by atoms with Crippen LogP contribution in [0.1, 0.15) is 13.8 Å². The van der Waals surface area contributed by atoms with Crippen LogP contribution in [0.2, 0.25) is 0 Å². The molecule has 0 saturated carbocycles. The molecular weight excluding hydrogens is 281 g/mol. The Bertz CT molecular complexity index is 360. The molecule has 0 fully saturated rings. The van der Waals surface area contributed by atoms with Gasteiger partial charge in [-0.05, 0) is 35.0 Å². The molecule has 0 radical (unpaired) electrons. The Hall–Kier alpha value is -0.260. The lowest BCUT2D eigenvalue weighted by atomic mass is 10.3. The standard InChI is InChI=1S/C10H13BrFNOS/c1-5(14)6(2)15-10-4-8(12)7(11)3-9(10)13/h3-6,14H,13H2,1-2H3. The maximum absolute atomic E-state index is 13.2. The molecule has 15 heavy (non-hydrogen) atoms. The molecule has 0 aliphatic carbocycles. The van der Waals surface area contributed by atoms with Crippen LogP contribution in [0.4, 0.5) is 10.1 Å². The van der Waals surface area contributed by atoms with Crippen molar-refractivity contribution < 1.29 is 9.50 Å². The summed E-state index contributed by atoms with van der Waals surface area (Å²) in [4.78, 5) is 0.657. The van der Waals surface area contributed by atoms with Gasteiger partial charge in [0.15, 0.2) is 0 Å². The largest absolute Gasteiger partial charge is 0.398 e. The predicted octanol–water partition coefficient (Wildman–Crippen LogP) is 3.03. The first-order valence-corrected chi connectivity index (χ1v) is 6.18. The number of thioether (sulfide) groups is 1. The normalized spacial score (nSPS) is 15.0. The Morgan fingerprint density at radius 3 is 2.60 bits per heavy atom. The zero-order valence-electron chi connectivity index (χ0n) is 8.50. The molecule has 0 aromatic heterocycles. The lowest BCUT2D eigenvalue weighted by Gasteiger charge is -2.15. The minimum absolute atomic E-state index is 0.0205. The Kier molecular flexibility index (Phi) is 4.43. The fourth-order valence-electron chi connectivity index (χ4n) is 0.945. The Balaban J connectivity index is 2.91. The molecular formula is C10H13BrFNOS. The van der Waals surface area contributed by atoms with E-state index in [1.54, 1.807) is 6.92 Å². The van der Waals surface area contributed by atoms with Crippen molar-refractivity contribution in [3.8, 4) is 0 Å². The number of aliphatic hydroxyl groups excluding tert-OH is 1. The van der Waals surface area contributed by atoms with Crippen LogP contribution < -0.4 is 5.73 Å². The second-order valence-electron chi connectivity index (χ2n) is 3.37. The van der Waals surface area contributed by atoms with E-state index in [0.717, 1.165) is 0 Å². The van der Waals surface area contributed by atoms with E-state index in [-0.39, 0.29) is 11.1 Å². The van der Waals surface area contributed by atoms with Crippen molar-refractivity contribution in [3.63, 3.8) is 0 Å². The summed E-state index contributed by atoms with van der Waals surface area (Å²) in [6.07, 6.45) is -0.457. The molecule has 0 aliphatic rings. The van der Waals surface area contributed by atoms with Crippen molar-refractivity contribution in [3.05, 3.63) is 22.4 Å². The minimum atomic E-state index is -0.457. The first-order valence-electron chi connectivity index (χ1n) is 4.51. The summed E-state index contributed by atoms with van der Waals surface area (Å²) in [6.45, 7) is 3.57. The number of anilines is 1. The second kappa shape index (κ2) is 5.18. The van der Waals surface area contributed by atoms with Crippen LogP contribution in [0, 0.1) is 5.82 Å². The number of rotatable bonds is 3. The smallest absolute Gasteiger partial charge is 0.138 e. The molecule has 1 aromatic rings. The second-order valence-corrected chi connectivity index (χ2v) is 5.64. The molecule has 5 heteroatoms. The zero-order valence-corrected chi connectivity index (χ0v) is 10.9. The van der Waals surface area contributed by atoms with E-state index < -0.39 is 6.10 Å². The van der Waals surface area contributed by atoms with Crippen molar-refractivity contribution in [2.45, 2.75) is 30.1 Å². The van der Waals surface area contributed by atoms with E-state index >= 15 is 0 Å². The van der Waals surface area contributed by atoms with E-state index in [1.807, 2.05) is 6.92 Å². The fraction of sp³-hybridized carbons (Fsp3) is 0.400. The third-order valence-electron chi connectivity index (χ3n) is 2.04. The average Bonchev–Trinajstić information content (AvgIpc) is 2.13. The zero-order chi connectivity index (χ0) is 11.6. The van der Waals surface area contributed by atoms with E-state index in [4.69, 9.17) is 5.73 Å². The van der Waals surface area contributed by atoms with E-state index in [9.17, 15) is 9.50 Å². The van der Waals surface area contributed by atoms with Crippen molar-refractivity contribution >= 4 is 33.4 Å². The van der Waals surface area contributed by atoms with E-state index in [2.05, 4.69) is 15.9 Å². The highest BCUT2D eigenvalue weighted by Gasteiger charge is 2.14. The molecule has 1 rings (SSSR count). The summed E-state index contributed by atoms with van der Waals surface area (Å²) in [6, 6.07) is 2.91. The van der Waals surface area contributed by atoms with Gasteiger partial charge in [0.05, 0.1) is 10.6 Å². The lowest BCUT2D eigenvalue weighted by Crippen LogP contribution is -2.15. The van der Waals surface area contributed by atoms with Crippen molar-refractivity contribution in [2.24, 2.45) is 0 Å². The van der Waals surface area contributed by atoms with Crippen molar-refractivity contribution in [1.82, 2.24) is 0 Å². The number of nitrogen functional groups attached to an aromatic ring is 1. The first kappa shape index (κ1) is 12.8. The van der Waals surface area contributed by atoms with Gasteiger partial charge in [-0.1, -0.05) is 6.92 Å². The van der Waals surface area contributed by atoms with Gasteiger partial charge in [-0.25, -0.2) is 4.39 Å². The SMILES string of the molecule is CC(O)C(C)Sc1cc(F)c(Br)cc1N. The molecule has 3 N–H and O–H groups in total. The Labute approximate surface area is 101 Å². The van der Waals surface area contributed by atoms with Crippen LogP contribution in [0.25, 0.3) is 0 Å². The maximum atomic E-state index is 13.2. The van der Waals surface area contributed by atoms with Gasteiger partial charge in [-0.15, -0.1) is 11.8 Å². The molecule has 0 saturated heterocycles. The molecule has 2 nitrogen and oxygen atoms in total. The van der Waals surface area contributed by atoms with Crippen LogP contribution in [0.3, 0.4) is 0 Å². The van der Waals surface area contributed by atoms with Crippen molar-refractivity contribution in [1.29, 1.82) is 0 Å². The fourth-order valence-corrected chi connectivity index (χ4v) is 2.27. The molecule has 2 atom stereocenters. The molecule has 84 valence electrons. The predicted molar refractivity (Wildman–Crippen MR) is 65.5 cm³/mol. The first-order chi connectivity index (χ1) is 6.91. The number of hydrogen-bond acceptors (Lipinski definition) is 3. The number of benzene rings is 1. The van der Waals surface area contributed by atoms with Crippen LogP contribution in [-0.4, -0.2) is 16.5 Å². The van der Waals surface area contributed by atoms with Gasteiger partial charge >= 0.3 is 0 Å². The third kappa shape index (κ3) is 3.36. The molecule has 0 heterocycles. The van der Waals surface area contributed by atoms with Crippen LogP contribution in [0.15, 0.2) is 21.5 Å². The quantitative estimate of drug-likeness (QED) is 0.665. The number of hydrogen-bond donors (Lipinski definition) is 2. The molecule has 0 aliphatic heterocycles. The maximum Gasteiger partial charge on any atom is 0.138 e. The highest BCUT2D eigenvalue weighted by molar-refractivity contribution is 9.10. The molecule has 0 bridgehead atoms. The summed E-state index contributed by atoms with van der Waals surface area (Å²) < 4.78 is 13.6. The average molecular weight is 294 g/mol. The summed E-state index contributed by atoms with van der Waals surface area (Å²) in [7, 11) is 0. The van der Waals surface area contributed by atoms with Gasteiger partial charge in [0.25, 0.3) is 0 Å². The number of nitrogens with two attached hydrogens (primary N) is 1. The highest BCUT2D eigenvalue weighted by atomic mass is 79.9. The Morgan fingerprint density at radius 2 is 2.07 bits per heavy atom. The monoisotopic (exact) mass is 293 g/mol. The lowest BCUT2D eigenvalue weighted by molar-refractivity contribution is 0.196. The summed E-state index contributed by atoms with van der Waals surface area (Å²) >= 11 is 4.43. The molecule has 0 spiro atoms. The van der Waals surface area contributed by atoms with Crippen molar-refractivity contribution in [2.75, 3.05) is 5.73 Å². The van der Waals surface area contributed by atoms with Gasteiger partial charge in [-0.2, -0.15) is 0 Å². The topological polar surface area (TPSA) is 46.2 Å². The molecule has 0 amide bonds. The van der Waals surface area contributed by atoms with Gasteiger partial charge in [0, 0.05) is 15.8 Å². The number of aliphatic hydroxyl groups is 1. The highest BCUT2D eigenvalue weighted by Crippen LogP contribution is 2.33. The molecule has 1 aromatic carbocycles. The van der Waals surface area contributed by atoms with Crippen LogP contribution in [-0.2, 0) is 0 Å². The summed E-state index contributed by atoms with van der Waals surface area (Å²) in [5.74, 6) is -0.343. The van der Waals surface area contributed by atoms with Gasteiger partial charge in [0.1, 0.15) is 5.82 Å². The van der Waals surface area contributed by atoms with E-state index in [0.29, 0.717) is 15.1 Å². The van der Waals surface area contributed by atoms with Gasteiger partial charge in [0.2, 0.25) is 0 Å². The van der Waals surface area contributed by atoms with Gasteiger partial charge < -0.3 is 10.8 Å². The summed E-state index contributed by atoms with van der Waals surface area (Å²) in [5, 5.41) is 9.31. The third-order valence-corrected chi connectivity index (χ3v) is 4.03. The van der Waals surface area contributed by atoms with E-state index in [1.165, 1.54) is 23.9 Å². The summed E-state index contributed by atoms with van der Waals surface area (Å²) in [5.41, 5.74) is 6.25. The molecule has 2 unspecified atom stereocenters. The van der Waals surface area contributed by atoms with Crippen LogP contribution >= 0.6 is 27.7 Å².